The van der Waals surface area contributed by atoms with Gasteiger partial charge in [-0.1, -0.05) is 19.8 Å². The van der Waals surface area contributed by atoms with Crippen LogP contribution in [0.3, 0.4) is 0 Å². The molecule has 0 bridgehead atoms. The predicted octanol–water partition coefficient (Wildman–Crippen LogP) is 4.24. The number of carbonyl (C=O) groups is 1. The average Bonchev–Trinajstić information content (AvgIpc) is 2.48. The normalized spacial score (nSPS) is 13.5. The van der Waals surface area contributed by atoms with E-state index in [9.17, 15) is 4.79 Å². The Morgan fingerprint density at radius 2 is 1.82 bits per heavy atom. The maximum absolute atomic E-state index is 12.5. The zero-order valence-corrected chi connectivity index (χ0v) is 14.7. The van der Waals surface area contributed by atoms with E-state index < -0.39 is 5.60 Å². The van der Waals surface area contributed by atoms with Crippen molar-refractivity contribution in [2.75, 3.05) is 19.0 Å². The third-order valence-electron chi connectivity index (χ3n) is 3.95. The van der Waals surface area contributed by atoms with Crippen LogP contribution in [0.1, 0.15) is 51.2 Å². The maximum atomic E-state index is 12.5. The molecule has 1 rings (SSSR count). The van der Waals surface area contributed by atoms with Crippen molar-refractivity contribution in [2.45, 2.75) is 59.5 Å². The number of hydrogen-bond donors (Lipinski definition) is 1. The second-order valence-corrected chi connectivity index (χ2v) is 5.86. The van der Waals surface area contributed by atoms with Gasteiger partial charge in [0.2, 0.25) is 0 Å². The van der Waals surface area contributed by atoms with Crippen molar-refractivity contribution < 1.29 is 14.3 Å². The van der Waals surface area contributed by atoms with E-state index in [-0.39, 0.29) is 5.91 Å². The van der Waals surface area contributed by atoms with Crippen LogP contribution in [-0.2, 0) is 9.53 Å². The van der Waals surface area contributed by atoms with E-state index in [2.05, 4.69) is 12.2 Å². The number of benzene rings is 1. The summed E-state index contributed by atoms with van der Waals surface area (Å²) >= 11 is 0. The molecule has 0 heterocycles. The highest BCUT2D eigenvalue weighted by Gasteiger charge is 2.32. The number of hydrogen-bond acceptors (Lipinski definition) is 3. The first-order valence-corrected chi connectivity index (χ1v) is 7.98. The molecule has 124 valence electrons. The van der Waals surface area contributed by atoms with Crippen LogP contribution < -0.4 is 10.1 Å². The number of methoxy groups -OCH3 is 1. The van der Waals surface area contributed by atoms with Gasteiger partial charge in [-0.25, -0.2) is 0 Å². The summed E-state index contributed by atoms with van der Waals surface area (Å²) in [5, 5.41) is 2.97. The topological polar surface area (TPSA) is 47.6 Å². The summed E-state index contributed by atoms with van der Waals surface area (Å²) in [6.07, 6.45) is 2.70. The zero-order chi connectivity index (χ0) is 16.8. The van der Waals surface area contributed by atoms with Crippen LogP contribution in [-0.4, -0.2) is 25.2 Å². The van der Waals surface area contributed by atoms with Gasteiger partial charge in [0.1, 0.15) is 11.4 Å². The minimum atomic E-state index is -0.795. The Labute approximate surface area is 134 Å². The lowest BCUT2D eigenvalue weighted by Gasteiger charge is -2.27. The van der Waals surface area contributed by atoms with Crippen LogP contribution in [0, 0.1) is 13.8 Å². The van der Waals surface area contributed by atoms with Gasteiger partial charge in [0.15, 0.2) is 0 Å². The maximum Gasteiger partial charge on any atom is 0.256 e. The van der Waals surface area contributed by atoms with E-state index in [1.165, 1.54) is 0 Å². The standard InChI is InChI=1S/C18H29NO3/c1-7-9-10-18(5,21-6)17(20)19-15-11-13(3)16(22-8-2)14(4)12-15/h11-12H,7-10H2,1-6H3,(H,19,20)/t18-/m1/s1. The highest BCUT2D eigenvalue weighted by atomic mass is 16.5. The molecular formula is C18H29NO3. The summed E-state index contributed by atoms with van der Waals surface area (Å²) in [7, 11) is 1.59. The summed E-state index contributed by atoms with van der Waals surface area (Å²) in [6.45, 7) is 10.5. The Kier molecular flexibility index (Phi) is 6.88. The van der Waals surface area contributed by atoms with Crippen LogP contribution in [0.25, 0.3) is 0 Å². The van der Waals surface area contributed by atoms with E-state index in [0.29, 0.717) is 13.0 Å². The molecule has 1 atom stereocenters. The van der Waals surface area contributed by atoms with Crippen LogP contribution in [0.4, 0.5) is 5.69 Å². The highest BCUT2D eigenvalue weighted by molar-refractivity contribution is 5.97. The lowest BCUT2D eigenvalue weighted by atomic mass is 9.97. The van der Waals surface area contributed by atoms with Crippen molar-refractivity contribution in [1.82, 2.24) is 0 Å². The number of amides is 1. The molecule has 0 spiro atoms. The van der Waals surface area contributed by atoms with E-state index in [1.54, 1.807) is 7.11 Å². The van der Waals surface area contributed by atoms with Crippen LogP contribution in [0.5, 0.6) is 5.75 Å². The molecule has 0 aliphatic rings. The van der Waals surface area contributed by atoms with Gasteiger partial charge < -0.3 is 14.8 Å². The molecule has 0 saturated carbocycles. The Bertz CT molecular complexity index is 490. The van der Waals surface area contributed by atoms with Gasteiger partial charge in [0, 0.05) is 12.8 Å². The van der Waals surface area contributed by atoms with Crippen molar-refractivity contribution in [2.24, 2.45) is 0 Å². The second-order valence-electron chi connectivity index (χ2n) is 5.86. The monoisotopic (exact) mass is 307 g/mol. The molecule has 4 heteroatoms. The highest BCUT2D eigenvalue weighted by Crippen LogP contribution is 2.28. The van der Waals surface area contributed by atoms with Crippen LogP contribution >= 0.6 is 0 Å². The number of anilines is 1. The van der Waals surface area contributed by atoms with Crippen LogP contribution in [0.2, 0.25) is 0 Å². The molecule has 0 radical (unpaired) electrons. The first-order chi connectivity index (χ1) is 10.4. The molecule has 0 aliphatic heterocycles. The number of nitrogens with one attached hydrogen (secondary N) is 1. The van der Waals surface area contributed by atoms with E-state index in [0.717, 1.165) is 35.4 Å². The third kappa shape index (κ3) is 4.47. The zero-order valence-electron chi connectivity index (χ0n) is 14.7. The smallest absolute Gasteiger partial charge is 0.256 e. The average molecular weight is 307 g/mol. The molecule has 1 aromatic carbocycles. The second kappa shape index (κ2) is 8.18. The van der Waals surface area contributed by atoms with Gasteiger partial charge in [0.25, 0.3) is 5.91 Å². The minimum Gasteiger partial charge on any atom is -0.493 e. The summed E-state index contributed by atoms with van der Waals surface area (Å²) in [4.78, 5) is 12.5. The first kappa shape index (κ1) is 18.5. The quantitative estimate of drug-likeness (QED) is 0.781. The Morgan fingerprint density at radius 3 is 2.27 bits per heavy atom. The van der Waals surface area contributed by atoms with Gasteiger partial charge in [-0.2, -0.15) is 0 Å². The molecule has 0 saturated heterocycles. The fourth-order valence-electron chi connectivity index (χ4n) is 2.48. The van der Waals surface area contributed by atoms with E-state index in [1.807, 2.05) is 39.8 Å². The van der Waals surface area contributed by atoms with Crippen molar-refractivity contribution in [3.8, 4) is 5.75 Å². The molecule has 0 unspecified atom stereocenters. The van der Waals surface area contributed by atoms with Crippen molar-refractivity contribution in [3.05, 3.63) is 23.3 Å². The molecule has 0 fully saturated rings. The largest absolute Gasteiger partial charge is 0.493 e. The van der Waals surface area contributed by atoms with Gasteiger partial charge in [-0.3, -0.25) is 4.79 Å². The molecule has 1 aromatic rings. The number of ether oxygens (including phenoxy) is 2. The number of unbranched alkanes of at least 4 members (excludes halogenated alkanes) is 1. The molecule has 1 amide bonds. The van der Waals surface area contributed by atoms with Crippen molar-refractivity contribution in [1.29, 1.82) is 0 Å². The fourth-order valence-corrected chi connectivity index (χ4v) is 2.48. The first-order valence-electron chi connectivity index (χ1n) is 7.98. The number of carbonyl (C=O) groups excluding carboxylic acids is 1. The fraction of sp³-hybridized carbons (Fsp3) is 0.611. The number of aryl methyl sites for hydroxylation is 2. The minimum absolute atomic E-state index is 0.105. The van der Waals surface area contributed by atoms with Crippen molar-refractivity contribution in [3.63, 3.8) is 0 Å². The Morgan fingerprint density at radius 1 is 1.23 bits per heavy atom. The molecule has 4 nitrogen and oxygen atoms in total. The molecule has 1 N–H and O–H groups in total. The molecule has 0 aliphatic carbocycles. The summed E-state index contributed by atoms with van der Waals surface area (Å²) < 4.78 is 11.1. The molecule has 22 heavy (non-hydrogen) atoms. The van der Waals surface area contributed by atoms with Crippen LogP contribution in [0.15, 0.2) is 12.1 Å². The Balaban J connectivity index is 2.92. The molecule has 0 aromatic heterocycles. The molecular weight excluding hydrogens is 278 g/mol. The lowest BCUT2D eigenvalue weighted by Crippen LogP contribution is -2.41. The van der Waals surface area contributed by atoms with Gasteiger partial charge in [-0.15, -0.1) is 0 Å². The summed E-state index contributed by atoms with van der Waals surface area (Å²) in [5.74, 6) is 0.785. The summed E-state index contributed by atoms with van der Waals surface area (Å²) in [6, 6.07) is 3.87. The van der Waals surface area contributed by atoms with E-state index >= 15 is 0 Å². The SMILES string of the molecule is CCCC[C@@](C)(OC)C(=O)Nc1cc(C)c(OCC)c(C)c1. The van der Waals surface area contributed by atoms with Gasteiger partial charge >= 0.3 is 0 Å². The Hall–Kier alpha value is -1.55. The van der Waals surface area contributed by atoms with E-state index in [4.69, 9.17) is 9.47 Å². The van der Waals surface area contributed by atoms with Crippen molar-refractivity contribution >= 4 is 11.6 Å². The van der Waals surface area contributed by atoms with Gasteiger partial charge in [0.05, 0.1) is 6.61 Å². The third-order valence-corrected chi connectivity index (χ3v) is 3.95. The summed E-state index contributed by atoms with van der Waals surface area (Å²) in [5.41, 5.74) is 2.02. The number of rotatable bonds is 8. The lowest BCUT2D eigenvalue weighted by molar-refractivity contribution is -0.136. The van der Waals surface area contributed by atoms with Gasteiger partial charge in [-0.05, 0) is 57.4 Å². The predicted molar refractivity (Wildman–Crippen MR) is 90.7 cm³/mol.